The first-order valence-corrected chi connectivity index (χ1v) is 9.15. The monoisotopic (exact) mass is 380 g/mol. The first-order valence-electron chi connectivity index (χ1n) is 8.77. The summed E-state index contributed by atoms with van der Waals surface area (Å²) in [5.41, 5.74) is 0.279. The maximum Gasteiger partial charge on any atom is 0.328 e. The van der Waals surface area contributed by atoms with Gasteiger partial charge in [0.1, 0.15) is 6.04 Å². The minimum Gasteiger partial charge on any atom is -0.454 e. The smallest absolute Gasteiger partial charge is 0.328 e. The van der Waals surface area contributed by atoms with Crippen LogP contribution in [0.5, 0.6) is 0 Å². The summed E-state index contributed by atoms with van der Waals surface area (Å²) < 4.78 is 5.08. The molecule has 1 aliphatic heterocycles. The number of carbonyl (C=O) groups is 3. The summed E-state index contributed by atoms with van der Waals surface area (Å²) in [7, 11) is 0. The number of rotatable bonds is 5. The third kappa shape index (κ3) is 5.46. The molecule has 0 bridgehead atoms. The molecule has 0 radical (unpaired) electrons. The zero-order valence-electron chi connectivity index (χ0n) is 15.3. The van der Waals surface area contributed by atoms with Crippen LogP contribution in [0.1, 0.15) is 37.6 Å². The molecule has 1 aromatic rings. The van der Waals surface area contributed by atoms with E-state index in [1.165, 1.54) is 6.92 Å². The highest BCUT2D eigenvalue weighted by Gasteiger charge is 2.27. The molecular weight excluding hydrogens is 356 g/mol. The average molecular weight is 381 g/mol. The Morgan fingerprint density at radius 1 is 1.23 bits per heavy atom. The highest BCUT2D eigenvalue weighted by atomic mass is 35.5. The number of benzene rings is 1. The molecule has 1 saturated heterocycles. The molecule has 2 rings (SSSR count). The second kappa shape index (κ2) is 9.03. The van der Waals surface area contributed by atoms with E-state index >= 15 is 0 Å². The van der Waals surface area contributed by atoms with Gasteiger partial charge in [0.05, 0.1) is 10.6 Å². The minimum absolute atomic E-state index is 0.207. The van der Waals surface area contributed by atoms with Gasteiger partial charge in [-0.2, -0.15) is 0 Å². The Kier molecular flexibility index (Phi) is 7.03. The van der Waals surface area contributed by atoms with E-state index < -0.39 is 17.9 Å². The molecule has 1 N–H and O–H groups in total. The van der Waals surface area contributed by atoms with E-state index in [-0.39, 0.29) is 18.1 Å². The number of piperidine rings is 1. The summed E-state index contributed by atoms with van der Waals surface area (Å²) in [5, 5.41) is 2.83. The van der Waals surface area contributed by atoms with E-state index in [4.69, 9.17) is 16.3 Å². The van der Waals surface area contributed by atoms with Gasteiger partial charge in [-0.25, -0.2) is 4.79 Å². The van der Waals surface area contributed by atoms with E-state index in [1.54, 1.807) is 29.2 Å². The molecule has 26 heavy (non-hydrogen) atoms. The van der Waals surface area contributed by atoms with E-state index in [2.05, 4.69) is 19.2 Å². The van der Waals surface area contributed by atoms with Crippen molar-refractivity contribution in [3.63, 3.8) is 0 Å². The van der Waals surface area contributed by atoms with Crippen molar-refractivity contribution < 1.29 is 19.1 Å². The van der Waals surface area contributed by atoms with Crippen molar-refractivity contribution in [1.29, 1.82) is 0 Å². The van der Waals surface area contributed by atoms with Crippen LogP contribution >= 0.6 is 11.6 Å². The second-order valence-corrected chi connectivity index (χ2v) is 7.43. The molecular formula is C19H25ClN2O4. The van der Waals surface area contributed by atoms with Gasteiger partial charge in [0, 0.05) is 13.1 Å². The number of amides is 2. The zero-order chi connectivity index (χ0) is 19.3. The number of nitrogens with one attached hydrogen (secondary N) is 1. The normalized spacial score (nSPS) is 21.0. The number of nitrogens with zero attached hydrogens (tertiary/aromatic N) is 1. The van der Waals surface area contributed by atoms with Gasteiger partial charge in [0.15, 0.2) is 6.61 Å². The largest absolute Gasteiger partial charge is 0.454 e. The Hall–Kier alpha value is -2.08. The van der Waals surface area contributed by atoms with Crippen LogP contribution in [0, 0.1) is 11.8 Å². The molecule has 1 aromatic carbocycles. The first-order chi connectivity index (χ1) is 12.3. The Bertz CT molecular complexity index is 669. The van der Waals surface area contributed by atoms with Crippen molar-refractivity contribution in [3.05, 3.63) is 34.9 Å². The van der Waals surface area contributed by atoms with Crippen LogP contribution in [0.2, 0.25) is 5.02 Å². The van der Waals surface area contributed by atoms with Crippen molar-refractivity contribution >= 4 is 29.4 Å². The third-order valence-corrected chi connectivity index (χ3v) is 4.71. The van der Waals surface area contributed by atoms with Gasteiger partial charge in [-0.05, 0) is 37.3 Å². The Morgan fingerprint density at radius 3 is 2.46 bits per heavy atom. The summed E-state index contributed by atoms with van der Waals surface area (Å²) in [4.78, 5) is 38.2. The molecule has 3 atom stereocenters. The van der Waals surface area contributed by atoms with Gasteiger partial charge in [0.2, 0.25) is 0 Å². The minimum atomic E-state index is -0.884. The Morgan fingerprint density at radius 2 is 1.85 bits per heavy atom. The first kappa shape index (κ1) is 20.2. The van der Waals surface area contributed by atoms with Gasteiger partial charge in [-0.1, -0.05) is 37.6 Å². The van der Waals surface area contributed by atoms with Gasteiger partial charge in [-0.3, -0.25) is 9.59 Å². The molecule has 142 valence electrons. The number of likely N-dealkylation sites (tertiary alicyclic amines) is 1. The highest BCUT2D eigenvalue weighted by molar-refractivity contribution is 6.33. The lowest BCUT2D eigenvalue weighted by Crippen LogP contribution is -2.45. The Labute approximate surface area is 158 Å². The zero-order valence-corrected chi connectivity index (χ0v) is 16.1. The summed E-state index contributed by atoms with van der Waals surface area (Å²) >= 11 is 5.97. The lowest BCUT2D eigenvalue weighted by atomic mass is 9.92. The van der Waals surface area contributed by atoms with Crippen molar-refractivity contribution in [2.75, 3.05) is 19.7 Å². The number of hydrogen-bond donors (Lipinski definition) is 1. The van der Waals surface area contributed by atoms with Crippen LogP contribution in [-0.2, 0) is 14.3 Å². The van der Waals surface area contributed by atoms with Crippen molar-refractivity contribution in [1.82, 2.24) is 10.2 Å². The number of carbonyl (C=O) groups excluding carboxylic acids is 3. The molecule has 0 spiro atoms. The van der Waals surface area contributed by atoms with Crippen molar-refractivity contribution in [2.24, 2.45) is 11.8 Å². The van der Waals surface area contributed by atoms with E-state index in [0.717, 1.165) is 6.42 Å². The van der Waals surface area contributed by atoms with E-state index in [1.807, 2.05) is 0 Å². The number of halogens is 1. The lowest BCUT2D eigenvalue weighted by molar-refractivity contribution is -0.154. The quantitative estimate of drug-likeness (QED) is 0.796. The molecule has 0 unspecified atom stereocenters. The molecule has 1 heterocycles. The fourth-order valence-electron chi connectivity index (χ4n) is 3.19. The number of esters is 1. The summed E-state index contributed by atoms with van der Waals surface area (Å²) in [6.45, 7) is 6.76. The molecule has 0 aromatic heterocycles. The van der Waals surface area contributed by atoms with Crippen LogP contribution in [-0.4, -0.2) is 48.4 Å². The average Bonchev–Trinajstić information content (AvgIpc) is 2.58. The molecule has 0 aliphatic carbocycles. The molecule has 0 saturated carbocycles. The molecule has 6 nitrogen and oxygen atoms in total. The topological polar surface area (TPSA) is 75.7 Å². The van der Waals surface area contributed by atoms with E-state index in [9.17, 15) is 14.4 Å². The molecule has 1 fully saturated rings. The van der Waals surface area contributed by atoms with Crippen LogP contribution in [0.25, 0.3) is 0 Å². The van der Waals surface area contributed by atoms with Gasteiger partial charge >= 0.3 is 5.97 Å². The predicted molar refractivity (Wildman–Crippen MR) is 98.9 cm³/mol. The SMILES string of the molecule is C[C@@H]1C[C@H](C)CN(C(=O)COC(=O)[C@H](C)NC(=O)c2ccccc2Cl)C1. The lowest BCUT2D eigenvalue weighted by Gasteiger charge is -2.34. The van der Waals surface area contributed by atoms with Gasteiger partial charge in [-0.15, -0.1) is 0 Å². The molecule has 1 aliphatic rings. The third-order valence-electron chi connectivity index (χ3n) is 4.38. The van der Waals surface area contributed by atoms with Crippen LogP contribution in [0.15, 0.2) is 24.3 Å². The summed E-state index contributed by atoms with van der Waals surface area (Å²) in [5.74, 6) is -0.456. The highest BCUT2D eigenvalue weighted by Crippen LogP contribution is 2.21. The molecule has 7 heteroatoms. The number of ether oxygens (including phenoxy) is 1. The molecule has 2 amide bonds. The fraction of sp³-hybridized carbons (Fsp3) is 0.526. The van der Waals surface area contributed by atoms with E-state index in [0.29, 0.717) is 29.9 Å². The summed E-state index contributed by atoms with van der Waals surface area (Å²) in [6.07, 6.45) is 1.09. The van der Waals surface area contributed by atoms with Crippen LogP contribution < -0.4 is 5.32 Å². The summed E-state index contributed by atoms with van der Waals surface area (Å²) in [6, 6.07) is 5.68. The van der Waals surface area contributed by atoms with Gasteiger partial charge < -0.3 is 15.0 Å². The maximum atomic E-state index is 12.2. The second-order valence-electron chi connectivity index (χ2n) is 7.03. The van der Waals surface area contributed by atoms with Gasteiger partial charge in [0.25, 0.3) is 11.8 Å². The van der Waals surface area contributed by atoms with Crippen molar-refractivity contribution in [3.8, 4) is 0 Å². The predicted octanol–water partition coefficient (Wildman–Crippen LogP) is 2.51. The maximum absolute atomic E-state index is 12.2. The van der Waals surface area contributed by atoms with Crippen molar-refractivity contribution in [2.45, 2.75) is 33.2 Å². The fourth-order valence-corrected chi connectivity index (χ4v) is 3.42. The standard InChI is InChI=1S/C19H25ClN2O4/c1-12-8-13(2)10-22(9-12)17(23)11-26-19(25)14(3)21-18(24)15-6-4-5-7-16(15)20/h4-7,12-14H,8-11H2,1-3H3,(H,21,24)/t12-,13+,14-/m0/s1. The van der Waals surface area contributed by atoms with Crippen LogP contribution in [0.3, 0.4) is 0 Å². The number of hydrogen-bond acceptors (Lipinski definition) is 4. The van der Waals surface area contributed by atoms with Crippen LogP contribution in [0.4, 0.5) is 0 Å². The Balaban J connectivity index is 1.82.